The molecule has 1 fully saturated rings. The van der Waals surface area contributed by atoms with E-state index in [2.05, 4.69) is 15.7 Å². The van der Waals surface area contributed by atoms with Crippen molar-refractivity contribution in [2.45, 2.75) is 25.1 Å². The summed E-state index contributed by atoms with van der Waals surface area (Å²) in [5.74, 6) is -0.314. The molecule has 1 atom stereocenters. The zero-order valence-corrected chi connectivity index (χ0v) is 14.0. The van der Waals surface area contributed by atoms with Crippen molar-refractivity contribution >= 4 is 18.3 Å². The fraction of sp³-hybridized carbons (Fsp3) is 0.375. The molecule has 1 aliphatic heterocycles. The zero-order chi connectivity index (χ0) is 17.2. The summed E-state index contributed by atoms with van der Waals surface area (Å²) in [4.78, 5) is 12.2. The van der Waals surface area contributed by atoms with E-state index in [0.29, 0.717) is 12.1 Å². The van der Waals surface area contributed by atoms with E-state index in [9.17, 15) is 18.0 Å². The average molecular weight is 375 g/mol. The van der Waals surface area contributed by atoms with Gasteiger partial charge in [0.1, 0.15) is 5.69 Å². The highest BCUT2D eigenvalue weighted by atomic mass is 35.5. The van der Waals surface area contributed by atoms with Crippen LogP contribution in [0.1, 0.15) is 28.9 Å². The van der Waals surface area contributed by atoms with Crippen LogP contribution in [0.5, 0.6) is 0 Å². The molecule has 2 aromatic rings. The van der Waals surface area contributed by atoms with Gasteiger partial charge in [-0.15, -0.1) is 12.4 Å². The Morgan fingerprint density at radius 3 is 2.84 bits per heavy atom. The van der Waals surface area contributed by atoms with Crippen molar-refractivity contribution in [2.75, 3.05) is 13.1 Å². The van der Waals surface area contributed by atoms with Crippen molar-refractivity contribution in [1.29, 1.82) is 0 Å². The van der Waals surface area contributed by atoms with E-state index >= 15 is 0 Å². The van der Waals surface area contributed by atoms with E-state index in [0.717, 1.165) is 36.3 Å². The molecule has 1 aromatic carbocycles. The molecule has 1 amide bonds. The van der Waals surface area contributed by atoms with E-state index < -0.39 is 11.9 Å². The van der Waals surface area contributed by atoms with E-state index in [4.69, 9.17) is 0 Å². The van der Waals surface area contributed by atoms with Gasteiger partial charge in [-0.2, -0.15) is 18.3 Å². The first-order valence-electron chi connectivity index (χ1n) is 7.68. The van der Waals surface area contributed by atoms with Gasteiger partial charge >= 0.3 is 6.18 Å². The van der Waals surface area contributed by atoms with Gasteiger partial charge in [0.25, 0.3) is 5.91 Å². The molecule has 0 aliphatic carbocycles. The fourth-order valence-corrected chi connectivity index (χ4v) is 2.75. The first kappa shape index (κ1) is 19.3. The molecule has 0 saturated carbocycles. The molecule has 2 heterocycles. The van der Waals surface area contributed by atoms with E-state index in [1.54, 1.807) is 12.1 Å². The predicted molar refractivity (Wildman–Crippen MR) is 89.2 cm³/mol. The topological polar surface area (TPSA) is 59.0 Å². The van der Waals surface area contributed by atoms with Crippen LogP contribution in [0.3, 0.4) is 0 Å². The lowest BCUT2D eigenvalue weighted by Gasteiger charge is -2.13. The average Bonchev–Trinajstić information content (AvgIpc) is 3.23. The Kier molecular flexibility index (Phi) is 6.07. The number of hydrogen-bond acceptors (Lipinski definition) is 3. The van der Waals surface area contributed by atoms with Crippen LogP contribution in [0.25, 0.3) is 5.69 Å². The molecule has 5 nitrogen and oxygen atoms in total. The predicted octanol–water partition coefficient (Wildman–Crippen LogP) is 2.79. The van der Waals surface area contributed by atoms with Gasteiger partial charge in [-0.05, 0) is 43.7 Å². The summed E-state index contributed by atoms with van der Waals surface area (Å²) in [5.41, 5.74) is -0.386. The number of halogens is 4. The Bertz CT molecular complexity index is 726. The molecule has 1 aliphatic rings. The second kappa shape index (κ2) is 7.88. The smallest absolute Gasteiger partial charge is 0.350 e. The molecule has 9 heteroatoms. The molecular weight excluding hydrogens is 357 g/mol. The molecular formula is C16H18ClF3N4O. The lowest BCUT2D eigenvalue weighted by molar-refractivity contribution is -0.142. The van der Waals surface area contributed by atoms with Crippen molar-refractivity contribution in [1.82, 2.24) is 20.4 Å². The van der Waals surface area contributed by atoms with Gasteiger partial charge in [-0.1, -0.05) is 6.07 Å². The van der Waals surface area contributed by atoms with Gasteiger partial charge in [0.05, 0.1) is 11.9 Å². The molecule has 0 bridgehead atoms. The number of carbonyl (C=O) groups is 1. The Hall–Kier alpha value is -2.06. The van der Waals surface area contributed by atoms with Gasteiger partial charge in [0.2, 0.25) is 0 Å². The van der Waals surface area contributed by atoms with Gasteiger partial charge in [0.15, 0.2) is 0 Å². The zero-order valence-electron chi connectivity index (χ0n) is 13.2. The van der Waals surface area contributed by atoms with Crippen molar-refractivity contribution < 1.29 is 18.0 Å². The summed E-state index contributed by atoms with van der Waals surface area (Å²) in [7, 11) is 0. The first-order valence-corrected chi connectivity index (χ1v) is 7.68. The Morgan fingerprint density at radius 1 is 1.36 bits per heavy atom. The molecule has 2 N–H and O–H groups in total. The molecule has 25 heavy (non-hydrogen) atoms. The van der Waals surface area contributed by atoms with Crippen molar-refractivity contribution in [3.8, 4) is 5.69 Å². The molecule has 0 radical (unpaired) electrons. The summed E-state index contributed by atoms with van der Waals surface area (Å²) in [6.07, 6.45) is -1.34. The lowest BCUT2D eigenvalue weighted by Crippen LogP contribution is -2.37. The summed E-state index contributed by atoms with van der Waals surface area (Å²) in [6, 6.07) is 7.15. The normalized spacial score (nSPS) is 17.2. The Labute approximate surface area is 149 Å². The second-order valence-corrected chi connectivity index (χ2v) is 5.68. The largest absolute Gasteiger partial charge is 0.433 e. The SMILES string of the molecule is Cl.O=C(NCC1CCCN1)c1cccc(-n2nccc2C(F)(F)F)c1. The van der Waals surface area contributed by atoms with Crippen LogP contribution in [0.2, 0.25) is 0 Å². The monoisotopic (exact) mass is 374 g/mol. The molecule has 1 aromatic heterocycles. The number of nitrogens with one attached hydrogen (secondary N) is 2. The minimum atomic E-state index is -4.51. The van der Waals surface area contributed by atoms with Gasteiger partial charge < -0.3 is 10.6 Å². The minimum Gasteiger partial charge on any atom is -0.350 e. The Balaban J connectivity index is 0.00000225. The lowest BCUT2D eigenvalue weighted by atomic mass is 10.1. The van der Waals surface area contributed by atoms with Gasteiger partial charge in [-0.25, -0.2) is 4.68 Å². The van der Waals surface area contributed by atoms with Crippen LogP contribution >= 0.6 is 12.4 Å². The van der Waals surface area contributed by atoms with Crippen LogP contribution in [0, 0.1) is 0 Å². The fourth-order valence-electron chi connectivity index (χ4n) is 2.75. The number of aromatic nitrogens is 2. The second-order valence-electron chi connectivity index (χ2n) is 5.68. The van der Waals surface area contributed by atoms with Crippen LogP contribution < -0.4 is 10.6 Å². The molecule has 1 unspecified atom stereocenters. The van der Waals surface area contributed by atoms with Crippen LogP contribution in [-0.4, -0.2) is 34.8 Å². The Morgan fingerprint density at radius 2 is 2.16 bits per heavy atom. The number of nitrogens with zero attached hydrogens (tertiary/aromatic N) is 2. The maximum atomic E-state index is 13.0. The molecule has 1 saturated heterocycles. The molecule has 3 rings (SSSR count). The number of hydrogen-bond donors (Lipinski definition) is 2. The van der Waals surface area contributed by atoms with E-state index in [1.165, 1.54) is 12.1 Å². The molecule has 0 spiro atoms. The van der Waals surface area contributed by atoms with Crippen LogP contribution in [0.4, 0.5) is 13.2 Å². The first-order chi connectivity index (χ1) is 11.4. The van der Waals surface area contributed by atoms with E-state index in [1.807, 2.05) is 0 Å². The molecule has 136 valence electrons. The number of amides is 1. The van der Waals surface area contributed by atoms with Crippen molar-refractivity contribution in [2.24, 2.45) is 0 Å². The highest BCUT2D eigenvalue weighted by Gasteiger charge is 2.35. The summed E-state index contributed by atoms with van der Waals surface area (Å²) < 4.78 is 39.7. The summed E-state index contributed by atoms with van der Waals surface area (Å²) in [6.45, 7) is 1.44. The summed E-state index contributed by atoms with van der Waals surface area (Å²) >= 11 is 0. The highest BCUT2D eigenvalue weighted by Crippen LogP contribution is 2.30. The quantitative estimate of drug-likeness (QED) is 0.865. The number of rotatable bonds is 4. The van der Waals surface area contributed by atoms with Crippen molar-refractivity contribution in [3.05, 3.63) is 47.8 Å². The summed E-state index contributed by atoms with van der Waals surface area (Å²) in [5, 5.41) is 9.79. The van der Waals surface area contributed by atoms with Crippen LogP contribution in [-0.2, 0) is 6.18 Å². The maximum Gasteiger partial charge on any atom is 0.433 e. The van der Waals surface area contributed by atoms with Crippen LogP contribution in [0.15, 0.2) is 36.5 Å². The third kappa shape index (κ3) is 4.52. The number of carbonyl (C=O) groups excluding carboxylic acids is 1. The third-order valence-electron chi connectivity index (χ3n) is 3.96. The number of benzene rings is 1. The van der Waals surface area contributed by atoms with Gasteiger partial charge in [-0.3, -0.25) is 4.79 Å². The standard InChI is InChI=1S/C16H17F3N4O.ClH/c17-16(18,19)14-6-8-22-23(14)13-5-1-3-11(9-13)15(24)21-10-12-4-2-7-20-12;/h1,3,5-6,8-9,12,20H,2,4,7,10H2,(H,21,24);1H. The number of alkyl halides is 3. The third-order valence-corrected chi connectivity index (χ3v) is 3.96. The highest BCUT2D eigenvalue weighted by molar-refractivity contribution is 5.94. The van der Waals surface area contributed by atoms with E-state index in [-0.39, 0.29) is 30.0 Å². The minimum absolute atomic E-state index is 0. The van der Waals surface area contributed by atoms with Crippen molar-refractivity contribution in [3.63, 3.8) is 0 Å². The maximum absolute atomic E-state index is 13.0. The van der Waals surface area contributed by atoms with Gasteiger partial charge in [0, 0.05) is 18.2 Å².